The molecule has 6 heteroatoms. The summed E-state index contributed by atoms with van der Waals surface area (Å²) >= 11 is 0. The van der Waals surface area contributed by atoms with E-state index in [1.165, 1.54) is 42.7 Å². The topological polar surface area (TPSA) is 57.7 Å². The average molecular weight is 302 g/mol. The molecular weight excluding hydrogens is 276 g/mol. The van der Waals surface area contributed by atoms with Crippen LogP contribution in [0, 0.1) is 5.92 Å². The summed E-state index contributed by atoms with van der Waals surface area (Å²) in [4.78, 5) is 14.0. The molecule has 20 heavy (non-hydrogen) atoms. The van der Waals surface area contributed by atoms with Gasteiger partial charge in [-0.15, -0.1) is 0 Å². The monoisotopic (exact) mass is 302 g/mol. The Hall–Kier alpha value is -0.620. The van der Waals surface area contributed by atoms with Crippen molar-refractivity contribution in [2.45, 2.75) is 44.9 Å². The standard InChI is InChI=1S/C14H26N2O3S/c1-20(18,19)16-11-9-15(10-12-16)14(17)8-7-13-5-3-2-4-6-13/h13H,2-12H2,1H3. The number of hydrogen-bond acceptors (Lipinski definition) is 3. The lowest BCUT2D eigenvalue weighted by molar-refractivity contribution is -0.132. The maximum absolute atomic E-state index is 12.2. The van der Waals surface area contributed by atoms with E-state index in [2.05, 4.69) is 0 Å². The van der Waals surface area contributed by atoms with Gasteiger partial charge in [-0.2, -0.15) is 4.31 Å². The van der Waals surface area contributed by atoms with Crippen LogP contribution in [0.4, 0.5) is 0 Å². The quantitative estimate of drug-likeness (QED) is 0.790. The van der Waals surface area contributed by atoms with E-state index in [0.29, 0.717) is 32.6 Å². The molecule has 0 bridgehead atoms. The summed E-state index contributed by atoms with van der Waals surface area (Å²) in [5, 5.41) is 0. The first-order chi connectivity index (χ1) is 9.47. The van der Waals surface area contributed by atoms with Crippen LogP contribution in [0.25, 0.3) is 0 Å². The van der Waals surface area contributed by atoms with Crippen LogP contribution in [-0.4, -0.2) is 56.0 Å². The Balaban J connectivity index is 1.71. The number of carbonyl (C=O) groups excluding carboxylic acids is 1. The summed E-state index contributed by atoms with van der Waals surface area (Å²) in [6, 6.07) is 0. The Morgan fingerprint density at radius 2 is 1.65 bits per heavy atom. The summed E-state index contributed by atoms with van der Waals surface area (Å²) in [7, 11) is -3.11. The molecule has 1 saturated heterocycles. The van der Waals surface area contributed by atoms with E-state index in [1.807, 2.05) is 4.90 Å². The van der Waals surface area contributed by atoms with Gasteiger partial charge in [0.15, 0.2) is 0 Å². The Kier molecular flexibility index (Phi) is 5.43. The molecule has 1 saturated carbocycles. The van der Waals surface area contributed by atoms with Gasteiger partial charge in [-0.05, 0) is 12.3 Å². The van der Waals surface area contributed by atoms with Gasteiger partial charge >= 0.3 is 0 Å². The van der Waals surface area contributed by atoms with E-state index in [9.17, 15) is 13.2 Å². The first-order valence-electron chi connectivity index (χ1n) is 7.70. The van der Waals surface area contributed by atoms with Crippen LogP contribution >= 0.6 is 0 Å². The third-order valence-corrected chi connectivity index (χ3v) is 5.85. The molecule has 1 aliphatic carbocycles. The van der Waals surface area contributed by atoms with Gasteiger partial charge < -0.3 is 4.90 Å². The molecule has 0 radical (unpaired) electrons. The number of sulfonamides is 1. The largest absolute Gasteiger partial charge is 0.340 e. The minimum Gasteiger partial charge on any atom is -0.340 e. The zero-order valence-electron chi connectivity index (χ0n) is 12.4. The molecule has 0 aromatic carbocycles. The second kappa shape index (κ2) is 6.89. The Labute approximate surface area is 122 Å². The van der Waals surface area contributed by atoms with Crippen molar-refractivity contribution in [3.8, 4) is 0 Å². The molecule has 5 nitrogen and oxygen atoms in total. The van der Waals surface area contributed by atoms with Crippen LogP contribution in [0.1, 0.15) is 44.9 Å². The molecule has 2 aliphatic rings. The molecule has 1 aliphatic heterocycles. The van der Waals surface area contributed by atoms with Crippen molar-refractivity contribution >= 4 is 15.9 Å². The lowest BCUT2D eigenvalue weighted by Gasteiger charge is -2.33. The van der Waals surface area contributed by atoms with Crippen LogP contribution in [0.3, 0.4) is 0 Å². The molecule has 1 amide bonds. The van der Waals surface area contributed by atoms with E-state index in [0.717, 1.165) is 12.3 Å². The van der Waals surface area contributed by atoms with E-state index in [1.54, 1.807) is 0 Å². The van der Waals surface area contributed by atoms with Crippen molar-refractivity contribution in [3.63, 3.8) is 0 Å². The second-order valence-corrected chi connectivity index (χ2v) is 8.07. The number of nitrogens with zero attached hydrogens (tertiary/aromatic N) is 2. The SMILES string of the molecule is CS(=O)(=O)N1CCN(C(=O)CCC2CCCCC2)CC1. The highest BCUT2D eigenvalue weighted by Crippen LogP contribution is 2.27. The molecule has 0 aromatic rings. The van der Waals surface area contributed by atoms with Crippen LogP contribution in [-0.2, 0) is 14.8 Å². The zero-order chi connectivity index (χ0) is 14.6. The molecule has 0 aromatic heterocycles. The van der Waals surface area contributed by atoms with Gasteiger partial charge in [-0.1, -0.05) is 32.1 Å². The fraction of sp³-hybridized carbons (Fsp3) is 0.929. The molecule has 2 fully saturated rings. The first-order valence-corrected chi connectivity index (χ1v) is 9.54. The first kappa shape index (κ1) is 15.8. The summed E-state index contributed by atoms with van der Waals surface area (Å²) in [6.07, 6.45) is 9.38. The third-order valence-electron chi connectivity index (χ3n) is 4.55. The summed E-state index contributed by atoms with van der Waals surface area (Å²) in [5.74, 6) is 0.925. The van der Waals surface area contributed by atoms with Gasteiger partial charge in [0.05, 0.1) is 6.26 Å². The van der Waals surface area contributed by atoms with Crippen molar-refractivity contribution in [1.29, 1.82) is 0 Å². The molecular formula is C14H26N2O3S. The fourth-order valence-corrected chi connectivity index (χ4v) is 4.06. The minimum absolute atomic E-state index is 0.198. The van der Waals surface area contributed by atoms with Gasteiger partial charge in [0.25, 0.3) is 0 Å². The maximum atomic E-state index is 12.2. The number of piperazine rings is 1. The van der Waals surface area contributed by atoms with E-state index < -0.39 is 10.0 Å². The van der Waals surface area contributed by atoms with E-state index >= 15 is 0 Å². The highest BCUT2D eigenvalue weighted by atomic mass is 32.2. The number of rotatable bonds is 4. The Morgan fingerprint density at radius 1 is 1.05 bits per heavy atom. The average Bonchev–Trinajstić information content (AvgIpc) is 2.45. The normalized spacial score (nSPS) is 22.9. The number of amides is 1. The maximum Gasteiger partial charge on any atom is 0.222 e. The van der Waals surface area contributed by atoms with Crippen LogP contribution in [0.2, 0.25) is 0 Å². The molecule has 1 heterocycles. The highest BCUT2D eigenvalue weighted by molar-refractivity contribution is 7.88. The van der Waals surface area contributed by atoms with Gasteiger partial charge in [0.2, 0.25) is 15.9 Å². The number of hydrogen-bond donors (Lipinski definition) is 0. The van der Waals surface area contributed by atoms with Crippen molar-refractivity contribution in [2.75, 3.05) is 32.4 Å². The minimum atomic E-state index is -3.11. The molecule has 0 atom stereocenters. The third kappa shape index (κ3) is 4.45. The fourth-order valence-electron chi connectivity index (χ4n) is 3.23. The van der Waals surface area contributed by atoms with Gasteiger partial charge in [0.1, 0.15) is 0 Å². The predicted molar refractivity (Wildman–Crippen MR) is 78.8 cm³/mol. The molecule has 116 valence electrons. The Morgan fingerprint density at radius 3 is 2.20 bits per heavy atom. The smallest absolute Gasteiger partial charge is 0.222 e. The van der Waals surface area contributed by atoms with Crippen LogP contribution in [0.5, 0.6) is 0 Å². The molecule has 0 spiro atoms. The van der Waals surface area contributed by atoms with Crippen molar-refractivity contribution in [2.24, 2.45) is 5.92 Å². The van der Waals surface area contributed by atoms with E-state index in [-0.39, 0.29) is 5.91 Å². The lowest BCUT2D eigenvalue weighted by Crippen LogP contribution is -2.50. The van der Waals surface area contributed by atoms with Crippen molar-refractivity contribution < 1.29 is 13.2 Å². The predicted octanol–water partition coefficient (Wildman–Crippen LogP) is 1.45. The molecule has 0 N–H and O–H groups in total. The number of carbonyl (C=O) groups is 1. The van der Waals surface area contributed by atoms with Gasteiger partial charge in [-0.3, -0.25) is 4.79 Å². The van der Waals surface area contributed by atoms with Crippen LogP contribution in [0.15, 0.2) is 0 Å². The van der Waals surface area contributed by atoms with Gasteiger partial charge in [-0.25, -0.2) is 8.42 Å². The molecule has 0 unspecified atom stereocenters. The lowest BCUT2D eigenvalue weighted by atomic mass is 9.86. The zero-order valence-corrected chi connectivity index (χ0v) is 13.2. The summed E-state index contributed by atoms with van der Waals surface area (Å²) in [5.41, 5.74) is 0. The second-order valence-electron chi connectivity index (χ2n) is 6.09. The van der Waals surface area contributed by atoms with Crippen molar-refractivity contribution in [3.05, 3.63) is 0 Å². The highest BCUT2D eigenvalue weighted by Gasteiger charge is 2.26. The summed E-state index contributed by atoms with van der Waals surface area (Å²) < 4.78 is 24.3. The van der Waals surface area contributed by atoms with Crippen molar-refractivity contribution in [1.82, 2.24) is 9.21 Å². The van der Waals surface area contributed by atoms with E-state index in [4.69, 9.17) is 0 Å². The van der Waals surface area contributed by atoms with Crippen LogP contribution < -0.4 is 0 Å². The van der Waals surface area contributed by atoms with Gasteiger partial charge in [0, 0.05) is 32.6 Å². The molecule has 2 rings (SSSR count). The summed E-state index contributed by atoms with van der Waals surface area (Å²) in [6.45, 7) is 1.95. The Bertz CT molecular complexity index is 422.